The van der Waals surface area contributed by atoms with Crippen molar-refractivity contribution in [2.24, 2.45) is 0 Å². The fourth-order valence-corrected chi connectivity index (χ4v) is 1.12. The number of carbonyl (C=O) groups is 1. The number of hydrogen-bond acceptors (Lipinski definition) is 2. The molecule has 4 nitrogen and oxygen atoms in total. The van der Waals surface area contributed by atoms with Gasteiger partial charge in [0.2, 0.25) is 0 Å². The van der Waals surface area contributed by atoms with E-state index in [0.29, 0.717) is 5.69 Å². The van der Waals surface area contributed by atoms with Gasteiger partial charge >= 0.3 is 5.97 Å². The topological polar surface area (TPSA) is 55.1 Å². The maximum Gasteiger partial charge on any atom is 0.328 e. The minimum atomic E-state index is -2.67. The summed E-state index contributed by atoms with van der Waals surface area (Å²) >= 11 is 0. The predicted molar refractivity (Wildman–Crippen MR) is 44.3 cm³/mol. The molecular weight excluding hydrogens is 194 g/mol. The number of halogens is 2. The van der Waals surface area contributed by atoms with E-state index in [9.17, 15) is 13.6 Å². The Morgan fingerprint density at radius 2 is 2.21 bits per heavy atom. The normalized spacial score (nSPS) is 13.2. The van der Waals surface area contributed by atoms with E-state index in [-0.39, 0.29) is 0 Å². The lowest BCUT2D eigenvalue weighted by molar-refractivity contribution is -0.140. The Labute approximate surface area is 79.2 Å². The number of aliphatic carboxylic acids is 1. The van der Waals surface area contributed by atoms with Crippen LogP contribution in [0.2, 0.25) is 0 Å². The van der Waals surface area contributed by atoms with Crippen molar-refractivity contribution in [1.29, 1.82) is 0 Å². The van der Waals surface area contributed by atoms with Crippen LogP contribution in [0.1, 0.15) is 30.8 Å². The Morgan fingerprint density at radius 3 is 2.57 bits per heavy atom. The van der Waals surface area contributed by atoms with Gasteiger partial charge in [-0.05, 0) is 19.9 Å². The van der Waals surface area contributed by atoms with E-state index in [1.165, 1.54) is 13.0 Å². The van der Waals surface area contributed by atoms with Crippen LogP contribution >= 0.6 is 0 Å². The highest BCUT2D eigenvalue weighted by atomic mass is 19.3. The number of aryl methyl sites for hydroxylation is 1. The monoisotopic (exact) mass is 204 g/mol. The molecule has 0 spiro atoms. The molecule has 1 aromatic heterocycles. The first kappa shape index (κ1) is 10.6. The van der Waals surface area contributed by atoms with Gasteiger partial charge in [0.25, 0.3) is 6.43 Å². The molecule has 0 saturated carbocycles. The van der Waals surface area contributed by atoms with Crippen LogP contribution in [0.25, 0.3) is 0 Å². The molecule has 0 amide bonds. The Kier molecular flexibility index (Phi) is 2.83. The van der Waals surface area contributed by atoms with Crippen LogP contribution < -0.4 is 0 Å². The van der Waals surface area contributed by atoms with Gasteiger partial charge in [0, 0.05) is 5.69 Å². The molecular formula is C8H10F2N2O2. The number of alkyl halides is 2. The summed E-state index contributed by atoms with van der Waals surface area (Å²) in [5.74, 6) is -1.10. The zero-order valence-electron chi connectivity index (χ0n) is 7.74. The number of carboxylic acid groups (broad SMARTS) is 1. The minimum absolute atomic E-state index is 0.393. The fraction of sp³-hybridized carbons (Fsp3) is 0.500. The largest absolute Gasteiger partial charge is 0.480 e. The summed E-state index contributed by atoms with van der Waals surface area (Å²) in [6.45, 7) is 2.93. The number of carboxylic acids is 1. The van der Waals surface area contributed by atoms with E-state index in [0.717, 1.165) is 4.68 Å². The summed E-state index contributed by atoms with van der Waals surface area (Å²) < 4.78 is 25.5. The molecule has 0 aliphatic heterocycles. The van der Waals surface area contributed by atoms with Crippen molar-refractivity contribution in [2.45, 2.75) is 26.3 Å². The molecule has 1 atom stereocenters. The maximum absolute atomic E-state index is 12.2. The molecule has 1 heterocycles. The lowest BCUT2D eigenvalue weighted by atomic mass is 10.3. The quantitative estimate of drug-likeness (QED) is 0.816. The third-order valence-corrected chi connectivity index (χ3v) is 1.89. The average Bonchev–Trinajstić information content (AvgIpc) is 2.46. The highest BCUT2D eigenvalue weighted by molar-refractivity contribution is 5.71. The van der Waals surface area contributed by atoms with E-state index in [2.05, 4.69) is 5.10 Å². The van der Waals surface area contributed by atoms with Gasteiger partial charge in [0.1, 0.15) is 11.7 Å². The summed E-state index contributed by atoms with van der Waals surface area (Å²) in [4.78, 5) is 10.6. The van der Waals surface area contributed by atoms with Crippen LogP contribution in [-0.2, 0) is 4.79 Å². The van der Waals surface area contributed by atoms with Gasteiger partial charge in [-0.3, -0.25) is 4.68 Å². The Morgan fingerprint density at radius 1 is 1.64 bits per heavy atom. The summed E-state index contributed by atoms with van der Waals surface area (Å²) in [7, 11) is 0. The number of rotatable bonds is 3. The van der Waals surface area contributed by atoms with Crippen LogP contribution in [0.15, 0.2) is 6.07 Å². The highest BCUT2D eigenvalue weighted by Crippen LogP contribution is 2.20. The number of nitrogens with zero attached hydrogens (tertiary/aromatic N) is 2. The van der Waals surface area contributed by atoms with Gasteiger partial charge < -0.3 is 5.11 Å². The maximum atomic E-state index is 12.2. The summed E-state index contributed by atoms with van der Waals surface area (Å²) in [5, 5.41) is 12.2. The second kappa shape index (κ2) is 3.73. The zero-order chi connectivity index (χ0) is 10.9. The average molecular weight is 204 g/mol. The van der Waals surface area contributed by atoms with Crippen molar-refractivity contribution in [1.82, 2.24) is 9.78 Å². The van der Waals surface area contributed by atoms with Crippen LogP contribution in [0.5, 0.6) is 0 Å². The zero-order valence-corrected chi connectivity index (χ0v) is 7.74. The second-order valence-electron chi connectivity index (χ2n) is 2.97. The van der Waals surface area contributed by atoms with Crippen LogP contribution in [0.4, 0.5) is 8.78 Å². The van der Waals surface area contributed by atoms with E-state index < -0.39 is 24.1 Å². The summed E-state index contributed by atoms with van der Waals surface area (Å²) in [5.41, 5.74) is 0.0193. The number of hydrogen-bond donors (Lipinski definition) is 1. The molecule has 1 aromatic rings. The summed E-state index contributed by atoms with van der Waals surface area (Å²) in [6, 6.07) is 0.256. The Bertz CT molecular complexity index is 349. The highest BCUT2D eigenvalue weighted by Gasteiger charge is 2.20. The van der Waals surface area contributed by atoms with Gasteiger partial charge in [-0.1, -0.05) is 0 Å². The molecule has 78 valence electrons. The molecule has 0 saturated heterocycles. The molecule has 0 fully saturated rings. The number of aromatic nitrogens is 2. The first-order valence-corrected chi connectivity index (χ1v) is 4.00. The molecule has 14 heavy (non-hydrogen) atoms. The molecule has 1 N–H and O–H groups in total. The van der Waals surface area contributed by atoms with Gasteiger partial charge in [0.05, 0.1) is 0 Å². The molecule has 0 aliphatic rings. The van der Waals surface area contributed by atoms with Gasteiger partial charge in [0.15, 0.2) is 0 Å². The van der Waals surface area contributed by atoms with Crippen LogP contribution in [-0.4, -0.2) is 20.9 Å². The first-order valence-electron chi connectivity index (χ1n) is 4.00. The van der Waals surface area contributed by atoms with Crippen LogP contribution in [0, 0.1) is 6.92 Å². The molecule has 0 radical (unpaired) electrons. The lowest BCUT2D eigenvalue weighted by Crippen LogP contribution is -2.18. The van der Waals surface area contributed by atoms with Gasteiger partial charge in [-0.25, -0.2) is 13.6 Å². The molecule has 0 aliphatic carbocycles. The first-order chi connectivity index (χ1) is 6.43. The SMILES string of the molecule is Cc1cc(C(F)F)nn1[C@@H](C)C(=O)O. The van der Waals surface area contributed by atoms with Crippen molar-refractivity contribution in [3.8, 4) is 0 Å². The Hall–Kier alpha value is -1.46. The molecule has 6 heteroatoms. The molecule has 0 unspecified atom stereocenters. The van der Waals surface area contributed by atoms with Gasteiger partial charge in [-0.15, -0.1) is 0 Å². The predicted octanol–water partition coefficient (Wildman–Crippen LogP) is 1.77. The Balaban J connectivity index is 3.04. The van der Waals surface area contributed by atoms with Crippen molar-refractivity contribution in [3.63, 3.8) is 0 Å². The third kappa shape index (κ3) is 1.89. The molecule has 1 rings (SSSR count). The van der Waals surface area contributed by atoms with E-state index in [1.54, 1.807) is 6.92 Å². The molecule has 0 bridgehead atoms. The second-order valence-corrected chi connectivity index (χ2v) is 2.97. The fourth-order valence-electron chi connectivity index (χ4n) is 1.12. The molecule has 0 aromatic carbocycles. The van der Waals surface area contributed by atoms with E-state index in [4.69, 9.17) is 5.11 Å². The van der Waals surface area contributed by atoms with Crippen molar-refractivity contribution < 1.29 is 18.7 Å². The smallest absolute Gasteiger partial charge is 0.328 e. The van der Waals surface area contributed by atoms with Crippen molar-refractivity contribution in [3.05, 3.63) is 17.5 Å². The summed E-state index contributed by atoms with van der Waals surface area (Å²) in [6.07, 6.45) is -2.67. The van der Waals surface area contributed by atoms with Gasteiger partial charge in [-0.2, -0.15) is 5.10 Å². The minimum Gasteiger partial charge on any atom is -0.480 e. The lowest BCUT2D eigenvalue weighted by Gasteiger charge is -2.08. The van der Waals surface area contributed by atoms with E-state index in [1.807, 2.05) is 0 Å². The van der Waals surface area contributed by atoms with Crippen molar-refractivity contribution >= 4 is 5.97 Å². The van der Waals surface area contributed by atoms with E-state index >= 15 is 0 Å². The standard InChI is InChI=1S/C8H10F2N2O2/c1-4-3-6(7(9)10)11-12(4)5(2)8(13)14/h3,5,7H,1-2H3,(H,13,14)/t5-/m0/s1. The third-order valence-electron chi connectivity index (χ3n) is 1.89. The van der Waals surface area contributed by atoms with Crippen molar-refractivity contribution in [2.75, 3.05) is 0 Å². The van der Waals surface area contributed by atoms with Crippen LogP contribution in [0.3, 0.4) is 0 Å².